The topological polar surface area (TPSA) is 81.4 Å². The van der Waals surface area contributed by atoms with E-state index in [4.69, 9.17) is 4.74 Å². The van der Waals surface area contributed by atoms with Crippen LogP contribution in [-0.2, 0) is 9.53 Å². The van der Waals surface area contributed by atoms with Crippen molar-refractivity contribution in [3.05, 3.63) is 30.1 Å². The lowest BCUT2D eigenvalue weighted by Crippen LogP contribution is -2.11. The second kappa shape index (κ2) is 6.76. The number of ether oxygens (including phenoxy) is 1. The van der Waals surface area contributed by atoms with E-state index in [0.29, 0.717) is 12.4 Å². The normalized spacial score (nSPS) is 24.3. The van der Waals surface area contributed by atoms with Gasteiger partial charge in [-0.1, -0.05) is 13.3 Å². The highest BCUT2D eigenvalue weighted by Crippen LogP contribution is 2.42. The summed E-state index contributed by atoms with van der Waals surface area (Å²) in [5, 5.41) is 11.7. The van der Waals surface area contributed by atoms with E-state index in [1.165, 1.54) is 0 Å². The molecule has 0 aromatic carbocycles. The summed E-state index contributed by atoms with van der Waals surface area (Å²) in [5.41, 5.74) is 1.65. The van der Waals surface area contributed by atoms with Gasteiger partial charge in [-0.15, -0.1) is 10.2 Å². The molecule has 0 spiro atoms. The van der Waals surface area contributed by atoms with Gasteiger partial charge < -0.3 is 10.1 Å². The highest BCUT2D eigenvalue weighted by Gasteiger charge is 2.38. The van der Waals surface area contributed by atoms with Crippen LogP contribution in [0, 0.1) is 5.92 Å². The number of carbonyl (C=O) groups excluding carboxylic acids is 1. The van der Waals surface area contributed by atoms with Crippen molar-refractivity contribution in [1.29, 1.82) is 0 Å². The van der Waals surface area contributed by atoms with Crippen LogP contribution in [-0.4, -0.2) is 39.2 Å². The molecule has 0 bridgehead atoms. The molecule has 2 aromatic rings. The zero-order chi connectivity index (χ0) is 16.2. The summed E-state index contributed by atoms with van der Waals surface area (Å²) < 4.78 is 7.24. The van der Waals surface area contributed by atoms with Gasteiger partial charge in [0.25, 0.3) is 6.47 Å². The van der Waals surface area contributed by atoms with E-state index in [0.717, 1.165) is 36.4 Å². The van der Waals surface area contributed by atoms with Gasteiger partial charge in [0.05, 0.1) is 18.1 Å². The average Bonchev–Trinajstić information content (AvgIpc) is 3.16. The average molecular weight is 315 g/mol. The lowest BCUT2D eigenvalue weighted by molar-refractivity contribution is -0.133. The first-order valence-electron chi connectivity index (χ1n) is 7.90. The van der Waals surface area contributed by atoms with E-state index in [2.05, 4.69) is 27.4 Å². The second-order valence-corrected chi connectivity index (χ2v) is 5.81. The van der Waals surface area contributed by atoms with Crippen molar-refractivity contribution < 1.29 is 9.53 Å². The third-order valence-electron chi connectivity index (χ3n) is 4.54. The Morgan fingerprint density at radius 2 is 2.26 bits per heavy atom. The maximum absolute atomic E-state index is 10.7. The van der Waals surface area contributed by atoms with Crippen molar-refractivity contribution in [2.45, 2.75) is 38.2 Å². The first kappa shape index (κ1) is 15.5. The van der Waals surface area contributed by atoms with E-state index in [1.54, 1.807) is 12.4 Å². The minimum atomic E-state index is -0.0343. The number of nitrogens with zero attached hydrogens (tertiary/aromatic N) is 4. The molecule has 3 rings (SSSR count). The fourth-order valence-electron chi connectivity index (χ4n) is 3.45. The number of nitrogens with one attached hydrogen (secondary N) is 1. The Kier molecular flexibility index (Phi) is 4.55. The molecule has 1 N–H and O–H groups in total. The third kappa shape index (κ3) is 2.91. The summed E-state index contributed by atoms with van der Waals surface area (Å²) in [4.78, 5) is 14.9. The first-order chi connectivity index (χ1) is 11.3. The highest BCUT2D eigenvalue weighted by atomic mass is 16.5. The van der Waals surface area contributed by atoms with Crippen LogP contribution < -0.4 is 5.32 Å². The van der Waals surface area contributed by atoms with Gasteiger partial charge in [0, 0.05) is 13.0 Å². The van der Waals surface area contributed by atoms with Gasteiger partial charge in [-0.05, 0) is 31.0 Å². The van der Waals surface area contributed by atoms with Gasteiger partial charge in [0.2, 0.25) is 0 Å². The van der Waals surface area contributed by atoms with Crippen molar-refractivity contribution in [2.75, 3.05) is 7.05 Å². The summed E-state index contributed by atoms with van der Waals surface area (Å²) >= 11 is 0. The Morgan fingerprint density at radius 1 is 1.39 bits per heavy atom. The van der Waals surface area contributed by atoms with Gasteiger partial charge in [-0.25, -0.2) is 0 Å². The summed E-state index contributed by atoms with van der Waals surface area (Å²) in [6.07, 6.45) is 9.95. The quantitative estimate of drug-likeness (QED) is 0.818. The molecule has 7 heteroatoms. The number of rotatable bonds is 6. The fraction of sp³-hybridized carbons (Fsp3) is 0.500. The molecule has 0 radical (unpaired) electrons. The predicted molar refractivity (Wildman–Crippen MR) is 85.6 cm³/mol. The number of fused-ring (bicyclic) bond motifs is 1. The summed E-state index contributed by atoms with van der Waals surface area (Å²) in [6.45, 7) is 2.71. The molecule has 3 atom stereocenters. The molecule has 1 saturated carbocycles. The van der Waals surface area contributed by atoms with Crippen LogP contribution in [0.4, 0.5) is 0 Å². The SMILES string of the molecule is CCC1CC(OC=O)CC1c1nnc2cncc(/C=C\NC)n12. The molecule has 0 saturated heterocycles. The minimum Gasteiger partial charge on any atom is -0.465 e. The fourth-order valence-corrected chi connectivity index (χ4v) is 3.45. The van der Waals surface area contributed by atoms with Gasteiger partial charge in [-0.2, -0.15) is 0 Å². The van der Waals surface area contributed by atoms with Crippen LogP contribution in [0.15, 0.2) is 18.6 Å². The first-order valence-corrected chi connectivity index (χ1v) is 7.90. The molecule has 3 unspecified atom stereocenters. The van der Waals surface area contributed by atoms with Crippen LogP contribution in [0.3, 0.4) is 0 Å². The predicted octanol–water partition coefficient (Wildman–Crippen LogP) is 1.76. The zero-order valence-corrected chi connectivity index (χ0v) is 13.3. The van der Waals surface area contributed by atoms with E-state index < -0.39 is 0 Å². The molecule has 1 fully saturated rings. The van der Waals surface area contributed by atoms with E-state index >= 15 is 0 Å². The third-order valence-corrected chi connectivity index (χ3v) is 4.54. The van der Waals surface area contributed by atoms with Crippen molar-refractivity contribution in [3.63, 3.8) is 0 Å². The Hall–Kier alpha value is -2.44. The smallest absolute Gasteiger partial charge is 0.293 e. The molecule has 1 aliphatic rings. The molecule has 1 aliphatic carbocycles. The maximum atomic E-state index is 10.7. The molecule has 2 aromatic heterocycles. The summed E-state index contributed by atoms with van der Waals surface area (Å²) in [6, 6.07) is 0. The lowest BCUT2D eigenvalue weighted by Gasteiger charge is -2.16. The molecular weight excluding hydrogens is 294 g/mol. The number of hydrogen-bond donors (Lipinski definition) is 1. The maximum Gasteiger partial charge on any atom is 0.293 e. The van der Waals surface area contributed by atoms with Crippen molar-refractivity contribution in [2.24, 2.45) is 5.92 Å². The second-order valence-electron chi connectivity index (χ2n) is 5.81. The van der Waals surface area contributed by atoms with Gasteiger partial charge in [0.1, 0.15) is 11.9 Å². The van der Waals surface area contributed by atoms with Gasteiger partial charge in [-0.3, -0.25) is 14.2 Å². The molecule has 0 amide bonds. The van der Waals surface area contributed by atoms with E-state index in [1.807, 2.05) is 23.7 Å². The van der Waals surface area contributed by atoms with Crippen LogP contribution in [0.2, 0.25) is 0 Å². The standard InChI is InChI=1S/C16H21N5O2/c1-3-11-6-13(23-10-22)7-14(11)16-20-19-15-9-18-8-12(21(15)16)4-5-17-2/h4-5,8-11,13-14,17H,3,6-7H2,1-2H3/b5-4-. The Bertz CT molecular complexity index is 712. The largest absolute Gasteiger partial charge is 0.465 e. The zero-order valence-electron chi connectivity index (χ0n) is 13.3. The van der Waals surface area contributed by atoms with Crippen molar-refractivity contribution in [1.82, 2.24) is 24.9 Å². The Morgan fingerprint density at radius 3 is 3.00 bits per heavy atom. The van der Waals surface area contributed by atoms with E-state index in [9.17, 15) is 4.79 Å². The van der Waals surface area contributed by atoms with Crippen LogP contribution in [0.1, 0.15) is 43.6 Å². The van der Waals surface area contributed by atoms with Gasteiger partial charge >= 0.3 is 0 Å². The molecule has 122 valence electrons. The Labute approximate surface area is 134 Å². The van der Waals surface area contributed by atoms with Crippen LogP contribution in [0.5, 0.6) is 0 Å². The molecular formula is C16H21N5O2. The summed E-state index contributed by atoms with van der Waals surface area (Å²) in [7, 11) is 1.85. The lowest BCUT2D eigenvalue weighted by atomic mass is 9.93. The molecule has 0 aliphatic heterocycles. The highest BCUT2D eigenvalue weighted by molar-refractivity contribution is 5.50. The number of aromatic nitrogens is 4. The summed E-state index contributed by atoms with van der Waals surface area (Å²) in [5.74, 6) is 1.58. The molecule has 2 heterocycles. The molecule has 7 nitrogen and oxygen atoms in total. The van der Waals surface area contributed by atoms with Crippen molar-refractivity contribution >= 4 is 18.2 Å². The Balaban J connectivity index is 2.02. The molecule has 23 heavy (non-hydrogen) atoms. The van der Waals surface area contributed by atoms with E-state index in [-0.39, 0.29) is 12.0 Å². The van der Waals surface area contributed by atoms with Crippen LogP contribution in [0.25, 0.3) is 11.7 Å². The van der Waals surface area contributed by atoms with Crippen molar-refractivity contribution in [3.8, 4) is 0 Å². The van der Waals surface area contributed by atoms with Crippen LogP contribution >= 0.6 is 0 Å². The monoisotopic (exact) mass is 315 g/mol. The van der Waals surface area contributed by atoms with Gasteiger partial charge in [0.15, 0.2) is 5.65 Å². The number of carbonyl (C=O) groups is 1. The number of hydrogen-bond acceptors (Lipinski definition) is 6. The minimum absolute atomic E-state index is 0.0343.